The predicted octanol–water partition coefficient (Wildman–Crippen LogP) is 3.24. The van der Waals surface area contributed by atoms with Crippen LogP contribution in [0.1, 0.15) is 11.3 Å². The quantitative estimate of drug-likeness (QED) is 0.113. The van der Waals surface area contributed by atoms with E-state index in [1.54, 1.807) is 12.1 Å². The molecule has 164 valence electrons. The Morgan fingerprint density at radius 1 is 1.26 bits per heavy atom. The lowest BCUT2D eigenvalue weighted by Gasteiger charge is -2.09. The number of rotatable bonds is 8. The van der Waals surface area contributed by atoms with E-state index < -0.39 is 15.9 Å². The van der Waals surface area contributed by atoms with Gasteiger partial charge in [0.25, 0.3) is 10.1 Å². The van der Waals surface area contributed by atoms with Gasteiger partial charge in [-0.05, 0) is 47.6 Å². The fourth-order valence-corrected chi connectivity index (χ4v) is 3.48. The van der Waals surface area contributed by atoms with Gasteiger partial charge in [-0.3, -0.25) is 4.18 Å². The Balaban J connectivity index is 1.60. The number of oxime groups is 1. The van der Waals surface area contributed by atoms with Gasteiger partial charge in [-0.1, -0.05) is 34.5 Å². The molecule has 0 saturated carbocycles. The molecule has 3 N–H and O–H groups in total. The minimum Gasteiger partial charge on any atom is -0.409 e. The van der Waals surface area contributed by atoms with Crippen LogP contribution >= 0.6 is 11.6 Å². The van der Waals surface area contributed by atoms with Crippen molar-refractivity contribution in [2.24, 2.45) is 5.16 Å². The van der Waals surface area contributed by atoms with E-state index in [9.17, 15) is 18.0 Å². The average Bonchev–Trinajstić information content (AvgIpc) is 3.20. The monoisotopic (exact) mass is 469 g/mol. The molecule has 2 aromatic carbocycles. The van der Waals surface area contributed by atoms with Gasteiger partial charge in [0.2, 0.25) is 11.7 Å². The van der Waals surface area contributed by atoms with Gasteiger partial charge in [0, 0.05) is 12.2 Å². The molecular formula is C18H17ClFN5O5S. The number of nitrogens with one attached hydrogen (secondary N) is 2. The number of halogens is 2. The second-order valence-electron chi connectivity index (χ2n) is 6.18. The second-order valence-corrected chi connectivity index (χ2v) is 8.20. The molecule has 3 rings (SSSR count). The summed E-state index contributed by atoms with van der Waals surface area (Å²) in [6.45, 7) is 1.65. The van der Waals surface area contributed by atoms with Crippen LogP contribution in [0, 0.1) is 12.7 Å². The summed E-state index contributed by atoms with van der Waals surface area (Å²) in [5, 5.41) is 25.0. The molecule has 3 aromatic rings. The summed E-state index contributed by atoms with van der Waals surface area (Å²) < 4.78 is 47.3. The Hall–Kier alpha value is -3.22. The van der Waals surface area contributed by atoms with E-state index in [1.807, 2.05) is 6.92 Å². The minimum atomic E-state index is -3.92. The minimum absolute atomic E-state index is 0.00987. The van der Waals surface area contributed by atoms with Crippen LogP contribution in [0.5, 0.6) is 0 Å². The zero-order chi connectivity index (χ0) is 22.4. The van der Waals surface area contributed by atoms with Crippen LogP contribution in [-0.4, -0.2) is 42.9 Å². The van der Waals surface area contributed by atoms with Gasteiger partial charge in [-0.2, -0.15) is 8.42 Å². The normalized spacial score (nSPS) is 12.0. The number of nitrogens with zero attached hydrogens (tertiary/aromatic N) is 3. The number of hydrogen-bond acceptors (Lipinski definition) is 9. The van der Waals surface area contributed by atoms with E-state index in [0.717, 1.165) is 11.6 Å². The molecule has 0 unspecified atom stereocenters. The van der Waals surface area contributed by atoms with Crippen molar-refractivity contribution >= 4 is 39.1 Å². The lowest BCUT2D eigenvalue weighted by molar-refractivity contribution is 0.304. The first-order valence-electron chi connectivity index (χ1n) is 8.77. The highest BCUT2D eigenvalue weighted by Crippen LogP contribution is 2.21. The van der Waals surface area contributed by atoms with E-state index >= 15 is 0 Å². The van der Waals surface area contributed by atoms with Gasteiger partial charge >= 0.3 is 0 Å². The van der Waals surface area contributed by atoms with Crippen LogP contribution in [0.2, 0.25) is 5.02 Å². The summed E-state index contributed by atoms with van der Waals surface area (Å²) in [5.74, 6) is -0.717. The van der Waals surface area contributed by atoms with Crippen molar-refractivity contribution in [2.45, 2.75) is 11.8 Å². The lowest BCUT2D eigenvalue weighted by atomic mass is 10.2. The summed E-state index contributed by atoms with van der Waals surface area (Å²) in [6.07, 6.45) is 0. The maximum Gasteiger partial charge on any atom is 0.297 e. The van der Waals surface area contributed by atoms with E-state index in [1.165, 1.54) is 24.3 Å². The van der Waals surface area contributed by atoms with Crippen molar-refractivity contribution in [3.05, 3.63) is 64.6 Å². The van der Waals surface area contributed by atoms with Gasteiger partial charge in [0.15, 0.2) is 5.69 Å². The van der Waals surface area contributed by atoms with Crippen LogP contribution in [-0.2, 0) is 14.3 Å². The Labute approximate surface area is 181 Å². The van der Waals surface area contributed by atoms with Crippen molar-refractivity contribution in [3.8, 4) is 0 Å². The topological polar surface area (TPSA) is 139 Å². The lowest BCUT2D eigenvalue weighted by Crippen LogP contribution is -2.19. The van der Waals surface area contributed by atoms with E-state index in [4.69, 9.17) is 15.8 Å². The van der Waals surface area contributed by atoms with Crippen LogP contribution in [0.25, 0.3) is 0 Å². The summed E-state index contributed by atoms with van der Waals surface area (Å²) in [7, 11) is -3.92. The largest absolute Gasteiger partial charge is 0.409 e. The average molecular weight is 470 g/mol. The number of anilines is 2. The van der Waals surface area contributed by atoms with Gasteiger partial charge in [-0.15, -0.1) is 0 Å². The van der Waals surface area contributed by atoms with Gasteiger partial charge in [-0.25, -0.2) is 9.02 Å². The molecular weight excluding hydrogens is 453 g/mol. The van der Waals surface area contributed by atoms with Crippen molar-refractivity contribution in [2.75, 3.05) is 23.8 Å². The number of benzene rings is 2. The number of hydrogen-bond donors (Lipinski definition) is 3. The molecule has 0 radical (unpaired) electrons. The van der Waals surface area contributed by atoms with Crippen LogP contribution < -0.4 is 10.6 Å². The maximum absolute atomic E-state index is 13.3. The van der Waals surface area contributed by atoms with Gasteiger partial charge in [0.05, 0.1) is 16.5 Å². The third kappa shape index (κ3) is 5.69. The summed E-state index contributed by atoms with van der Waals surface area (Å²) in [6, 6.07) is 10.0. The van der Waals surface area contributed by atoms with Crippen molar-refractivity contribution in [1.29, 1.82) is 0 Å². The fourth-order valence-electron chi connectivity index (χ4n) is 2.40. The number of amidine groups is 1. The van der Waals surface area contributed by atoms with E-state index in [-0.39, 0.29) is 40.4 Å². The third-order valence-corrected chi connectivity index (χ3v) is 5.55. The Morgan fingerprint density at radius 3 is 2.68 bits per heavy atom. The first-order chi connectivity index (χ1) is 14.8. The molecule has 0 aliphatic rings. The molecule has 1 aromatic heterocycles. The Morgan fingerprint density at radius 2 is 2.00 bits per heavy atom. The molecule has 0 spiro atoms. The molecule has 31 heavy (non-hydrogen) atoms. The molecule has 0 aliphatic heterocycles. The molecule has 0 saturated heterocycles. The summed E-state index contributed by atoms with van der Waals surface area (Å²) >= 11 is 5.73. The first-order valence-corrected chi connectivity index (χ1v) is 10.6. The maximum atomic E-state index is 13.3. The molecule has 0 aliphatic carbocycles. The SMILES string of the molecule is Cc1ccc(S(=O)(=O)OCCNc2nonc2/C(=N\O)Nc2ccc(F)c(Cl)c2)cc1. The van der Waals surface area contributed by atoms with Crippen LogP contribution in [0.3, 0.4) is 0 Å². The first kappa shape index (κ1) is 22.5. The molecule has 0 atom stereocenters. The third-order valence-electron chi connectivity index (χ3n) is 3.94. The zero-order valence-corrected chi connectivity index (χ0v) is 17.6. The molecule has 1 heterocycles. The molecule has 0 amide bonds. The smallest absolute Gasteiger partial charge is 0.297 e. The standard InChI is InChI=1S/C18H17ClFN5O5S/c1-11-2-5-13(6-3-11)31(27,28)29-9-8-21-17-16(24-30-25-17)18(23-26)22-12-4-7-15(20)14(19)10-12/h2-7,10,26H,8-9H2,1H3,(H,21,25)(H,22,23). The van der Waals surface area contributed by atoms with E-state index in [0.29, 0.717) is 5.69 Å². The summed E-state index contributed by atoms with van der Waals surface area (Å²) in [4.78, 5) is 0.0405. The summed E-state index contributed by atoms with van der Waals surface area (Å²) in [5.41, 5.74) is 1.23. The number of aryl methyl sites for hydroxylation is 1. The predicted molar refractivity (Wildman–Crippen MR) is 110 cm³/mol. The van der Waals surface area contributed by atoms with Crippen LogP contribution in [0.15, 0.2) is 57.1 Å². The highest BCUT2D eigenvalue weighted by Gasteiger charge is 2.19. The number of aromatic nitrogens is 2. The highest BCUT2D eigenvalue weighted by molar-refractivity contribution is 7.86. The van der Waals surface area contributed by atoms with Crippen molar-refractivity contribution < 1.29 is 26.8 Å². The van der Waals surface area contributed by atoms with Crippen molar-refractivity contribution in [1.82, 2.24) is 10.3 Å². The Bertz CT molecular complexity index is 1180. The van der Waals surface area contributed by atoms with Gasteiger partial charge in [0.1, 0.15) is 5.82 Å². The molecule has 10 nitrogen and oxygen atoms in total. The molecule has 0 fully saturated rings. The second kappa shape index (κ2) is 9.73. The van der Waals surface area contributed by atoms with Crippen molar-refractivity contribution in [3.63, 3.8) is 0 Å². The zero-order valence-electron chi connectivity index (χ0n) is 16.0. The van der Waals surface area contributed by atoms with Gasteiger partial charge < -0.3 is 15.8 Å². The van der Waals surface area contributed by atoms with E-state index in [2.05, 4.69) is 30.7 Å². The fraction of sp³-hybridized carbons (Fsp3) is 0.167. The molecule has 13 heteroatoms. The molecule has 0 bridgehead atoms. The Kier molecular flexibility index (Phi) is 7.05. The highest BCUT2D eigenvalue weighted by atomic mass is 35.5. The van der Waals surface area contributed by atoms with Crippen LogP contribution in [0.4, 0.5) is 15.9 Å².